The highest BCUT2D eigenvalue weighted by molar-refractivity contribution is 6.09. The third-order valence-electron chi connectivity index (χ3n) is 2.91. The first-order chi connectivity index (χ1) is 9.11. The van der Waals surface area contributed by atoms with E-state index in [9.17, 15) is 14.7 Å². The van der Waals surface area contributed by atoms with Gasteiger partial charge in [0.1, 0.15) is 0 Å². The summed E-state index contributed by atoms with van der Waals surface area (Å²) in [7, 11) is 0. The standard InChI is InChI=1S/C12H25N5O3/c1-7(2)6-8(13)9(18)12(16,10(19)20)4-3-5-17-11(14)15/h7-8H,3-6,13,16H2,1-2H3,(H,19,20)(H4,14,15,17). The van der Waals surface area contributed by atoms with E-state index in [4.69, 9.17) is 22.9 Å². The van der Waals surface area contributed by atoms with Crippen LogP contribution in [0, 0.1) is 5.92 Å². The van der Waals surface area contributed by atoms with Crippen LogP contribution in [0.1, 0.15) is 33.1 Å². The molecule has 2 atom stereocenters. The summed E-state index contributed by atoms with van der Waals surface area (Å²) in [6.45, 7) is 4.00. The molecule has 0 fully saturated rings. The molecule has 0 aliphatic carbocycles. The molecule has 0 bridgehead atoms. The van der Waals surface area contributed by atoms with Gasteiger partial charge in [-0.05, 0) is 25.2 Å². The molecule has 116 valence electrons. The third-order valence-corrected chi connectivity index (χ3v) is 2.91. The Kier molecular flexibility index (Phi) is 7.16. The van der Waals surface area contributed by atoms with Crippen molar-refractivity contribution in [2.45, 2.75) is 44.7 Å². The number of carbonyl (C=O) groups excluding carboxylic acids is 1. The normalized spacial score (nSPS) is 15.4. The van der Waals surface area contributed by atoms with Crippen molar-refractivity contribution < 1.29 is 14.7 Å². The predicted molar refractivity (Wildman–Crippen MR) is 76.9 cm³/mol. The van der Waals surface area contributed by atoms with Gasteiger partial charge in [0.05, 0.1) is 6.04 Å². The summed E-state index contributed by atoms with van der Waals surface area (Å²) in [6.07, 6.45) is 0.601. The van der Waals surface area contributed by atoms with Gasteiger partial charge in [-0.2, -0.15) is 0 Å². The van der Waals surface area contributed by atoms with Gasteiger partial charge in [0.15, 0.2) is 17.3 Å². The largest absolute Gasteiger partial charge is 0.480 e. The average molecular weight is 287 g/mol. The summed E-state index contributed by atoms with van der Waals surface area (Å²) in [6, 6.07) is -0.890. The van der Waals surface area contributed by atoms with E-state index >= 15 is 0 Å². The number of ketones is 1. The zero-order valence-electron chi connectivity index (χ0n) is 12.0. The Morgan fingerprint density at radius 2 is 1.85 bits per heavy atom. The maximum Gasteiger partial charge on any atom is 0.331 e. The Balaban J connectivity index is 4.78. The Morgan fingerprint density at radius 1 is 1.30 bits per heavy atom. The third kappa shape index (κ3) is 5.54. The maximum atomic E-state index is 12.2. The molecule has 0 aromatic carbocycles. The highest BCUT2D eigenvalue weighted by Crippen LogP contribution is 2.16. The minimum Gasteiger partial charge on any atom is -0.480 e. The van der Waals surface area contributed by atoms with Crippen LogP contribution in [0.3, 0.4) is 0 Å². The van der Waals surface area contributed by atoms with E-state index in [1.54, 1.807) is 0 Å². The van der Waals surface area contributed by atoms with Crippen molar-refractivity contribution in [3.63, 3.8) is 0 Å². The molecule has 2 unspecified atom stereocenters. The van der Waals surface area contributed by atoms with Crippen LogP contribution >= 0.6 is 0 Å². The molecule has 9 N–H and O–H groups in total. The number of nitrogens with zero attached hydrogens (tertiary/aromatic N) is 1. The van der Waals surface area contributed by atoms with Gasteiger partial charge in [-0.15, -0.1) is 0 Å². The van der Waals surface area contributed by atoms with E-state index in [-0.39, 0.29) is 31.3 Å². The molecule has 0 heterocycles. The lowest BCUT2D eigenvalue weighted by Gasteiger charge is -2.26. The van der Waals surface area contributed by atoms with Crippen LogP contribution < -0.4 is 22.9 Å². The highest BCUT2D eigenvalue weighted by Gasteiger charge is 2.43. The van der Waals surface area contributed by atoms with Gasteiger partial charge in [0.2, 0.25) is 0 Å². The van der Waals surface area contributed by atoms with Crippen LogP contribution in [-0.2, 0) is 9.59 Å². The van der Waals surface area contributed by atoms with Crippen LogP contribution in [0.25, 0.3) is 0 Å². The maximum absolute atomic E-state index is 12.2. The minimum atomic E-state index is -1.99. The van der Waals surface area contributed by atoms with Crippen molar-refractivity contribution in [1.82, 2.24) is 0 Å². The molecule has 0 amide bonds. The van der Waals surface area contributed by atoms with Gasteiger partial charge in [-0.1, -0.05) is 13.8 Å². The van der Waals surface area contributed by atoms with Crippen molar-refractivity contribution in [2.75, 3.05) is 6.54 Å². The molecule has 0 spiro atoms. The fraction of sp³-hybridized carbons (Fsp3) is 0.750. The molecule has 0 aliphatic heterocycles. The first-order valence-corrected chi connectivity index (χ1v) is 6.48. The van der Waals surface area contributed by atoms with Crippen LogP contribution in [-0.4, -0.2) is 40.9 Å². The number of nitrogens with two attached hydrogens (primary N) is 4. The van der Waals surface area contributed by atoms with Gasteiger partial charge in [-0.3, -0.25) is 9.79 Å². The summed E-state index contributed by atoms with van der Waals surface area (Å²) in [5.74, 6) is -1.96. The first-order valence-electron chi connectivity index (χ1n) is 6.48. The van der Waals surface area contributed by atoms with Crippen molar-refractivity contribution in [3.05, 3.63) is 0 Å². The van der Waals surface area contributed by atoms with E-state index < -0.39 is 23.3 Å². The van der Waals surface area contributed by atoms with Gasteiger partial charge in [-0.25, -0.2) is 4.79 Å². The van der Waals surface area contributed by atoms with E-state index in [1.165, 1.54) is 0 Å². The first kappa shape index (κ1) is 18.3. The lowest BCUT2D eigenvalue weighted by atomic mass is 9.83. The molecule has 20 heavy (non-hydrogen) atoms. The van der Waals surface area contributed by atoms with Crippen LogP contribution in [0.5, 0.6) is 0 Å². The van der Waals surface area contributed by atoms with E-state index in [0.29, 0.717) is 6.42 Å². The number of aliphatic imine (C=N–C) groups is 1. The number of guanidine groups is 1. The van der Waals surface area contributed by atoms with Crippen molar-refractivity contribution in [2.24, 2.45) is 33.8 Å². The Labute approximate surface area is 118 Å². The summed E-state index contributed by atoms with van der Waals surface area (Å²) >= 11 is 0. The molecule has 8 nitrogen and oxygen atoms in total. The molecular formula is C12H25N5O3. The molecule has 0 rings (SSSR count). The SMILES string of the molecule is CC(C)CC(N)C(=O)C(N)(CCCN=C(N)N)C(=O)O. The summed E-state index contributed by atoms with van der Waals surface area (Å²) in [5.41, 5.74) is 19.8. The number of hydrogen-bond donors (Lipinski definition) is 5. The van der Waals surface area contributed by atoms with Crippen LogP contribution in [0.2, 0.25) is 0 Å². The number of carbonyl (C=O) groups is 2. The summed E-state index contributed by atoms with van der Waals surface area (Å²) < 4.78 is 0. The monoisotopic (exact) mass is 287 g/mol. The molecular weight excluding hydrogens is 262 g/mol. The number of rotatable bonds is 9. The smallest absolute Gasteiger partial charge is 0.331 e. The quantitative estimate of drug-likeness (QED) is 0.153. The van der Waals surface area contributed by atoms with Crippen LogP contribution in [0.4, 0.5) is 0 Å². The summed E-state index contributed by atoms with van der Waals surface area (Å²) in [4.78, 5) is 27.2. The average Bonchev–Trinajstić information content (AvgIpc) is 2.31. The molecule has 0 saturated heterocycles. The number of Topliss-reactive ketones (excluding diaryl/α,β-unsaturated/α-hetero) is 1. The van der Waals surface area contributed by atoms with Crippen LogP contribution in [0.15, 0.2) is 4.99 Å². The number of carboxylic acids is 1. The van der Waals surface area contributed by atoms with E-state index in [0.717, 1.165) is 0 Å². The molecule has 0 aliphatic rings. The molecule has 0 saturated carbocycles. The minimum absolute atomic E-state index is 0.0657. The Bertz CT molecular complexity index is 379. The van der Waals surface area contributed by atoms with Gasteiger partial charge in [0.25, 0.3) is 0 Å². The number of carboxylic acid groups (broad SMARTS) is 1. The fourth-order valence-electron chi connectivity index (χ4n) is 1.85. The van der Waals surface area contributed by atoms with Crippen molar-refractivity contribution in [1.29, 1.82) is 0 Å². The second kappa shape index (κ2) is 7.81. The molecule has 8 heteroatoms. The fourth-order valence-corrected chi connectivity index (χ4v) is 1.85. The van der Waals surface area contributed by atoms with Gasteiger partial charge >= 0.3 is 5.97 Å². The zero-order valence-corrected chi connectivity index (χ0v) is 12.0. The summed E-state index contributed by atoms with van der Waals surface area (Å²) in [5, 5.41) is 9.21. The predicted octanol–water partition coefficient (Wildman–Crippen LogP) is -1.24. The lowest BCUT2D eigenvalue weighted by Crippen LogP contribution is -2.60. The van der Waals surface area contributed by atoms with Crippen molar-refractivity contribution in [3.8, 4) is 0 Å². The molecule has 0 aromatic rings. The lowest BCUT2D eigenvalue weighted by molar-refractivity contribution is -0.149. The second-order valence-corrected chi connectivity index (χ2v) is 5.29. The molecule has 0 aromatic heterocycles. The second-order valence-electron chi connectivity index (χ2n) is 5.29. The van der Waals surface area contributed by atoms with Gasteiger partial charge in [0, 0.05) is 6.54 Å². The Hall–Kier alpha value is -1.67. The van der Waals surface area contributed by atoms with E-state index in [2.05, 4.69) is 4.99 Å². The zero-order chi connectivity index (χ0) is 15.9. The van der Waals surface area contributed by atoms with Gasteiger partial charge < -0.3 is 28.0 Å². The number of hydrogen-bond acceptors (Lipinski definition) is 5. The van der Waals surface area contributed by atoms with E-state index in [1.807, 2.05) is 13.8 Å². The topological polar surface area (TPSA) is 171 Å². The molecule has 0 radical (unpaired) electrons. The van der Waals surface area contributed by atoms with Crippen molar-refractivity contribution >= 4 is 17.7 Å². The number of aliphatic carboxylic acids is 1. The highest BCUT2D eigenvalue weighted by atomic mass is 16.4. The Morgan fingerprint density at radius 3 is 2.25 bits per heavy atom.